The number of allylic oxidation sites excluding steroid dienone is 4. The van der Waals surface area contributed by atoms with Gasteiger partial charge in [0.15, 0.2) is 0 Å². The Bertz CT molecular complexity index is 589. The molecule has 23 heavy (non-hydrogen) atoms. The molecule has 0 aromatic carbocycles. The summed E-state index contributed by atoms with van der Waals surface area (Å²) in [6.07, 6.45) is 13.5. The molecule has 1 unspecified atom stereocenters. The van der Waals surface area contributed by atoms with E-state index in [1.165, 1.54) is 24.8 Å². The maximum Gasteiger partial charge on any atom is 0.133 e. The largest absolute Gasteiger partial charge is 0.393 e. The van der Waals surface area contributed by atoms with Gasteiger partial charge in [-0.3, -0.25) is 4.79 Å². The van der Waals surface area contributed by atoms with Crippen LogP contribution in [0.4, 0.5) is 0 Å². The zero-order valence-electron chi connectivity index (χ0n) is 14.7. The van der Waals surface area contributed by atoms with E-state index in [2.05, 4.69) is 32.1 Å². The summed E-state index contributed by atoms with van der Waals surface area (Å²) in [5, 5.41) is 11.1. The molecule has 2 nitrogen and oxygen atoms in total. The molecule has 4 aliphatic rings. The van der Waals surface area contributed by atoms with E-state index in [1.54, 1.807) is 6.92 Å². The van der Waals surface area contributed by atoms with E-state index in [4.69, 9.17) is 0 Å². The van der Waals surface area contributed by atoms with Crippen molar-refractivity contribution >= 4 is 5.78 Å². The lowest BCUT2D eigenvalue weighted by Gasteiger charge is -2.57. The van der Waals surface area contributed by atoms with E-state index in [9.17, 15) is 9.90 Å². The van der Waals surface area contributed by atoms with Gasteiger partial charge in [-0.25, -0.2) is 0 Å². The highest BCUT2D eigenvalue weighted by Crippen LogP contribution is 2.65. The number of hydrogen-bond donors (Lipinski definition) is 1. The van der Waals surface area contributed by atoms with Gasteiger partial charge in [0.1, 0.15) is 5.78 Å². The molecular weight excluding hydrogens is 284 g/mol. The molecule has 2 fully saturated rings. The molecule has 126 valence electrons. The van der Waals surface area contributed by atoms with Gasteiger partial charge in [0.25, 0.3) is 0 Å². The van der Waals surface area contributed by atoms with E-state index in [-0.39, 0.29) is 28.6 Å². The monoisotopic (exact) mass is 314 g/mol. The molecule has 0 aromatic heterocycles. The van der Waals surface area contributed by atoms with E-state index in [1.807, 2.05) is 0 Å². The van der Waals surface area contributed by atoms with Crippen LogP contribution in [0.1, 0.15) is 59.3 Å². The first-order chi connectivity index (χ1) is 10.9. The van der Waals surface area contributed by atoms with Crippen molar-refractivity contribution in [2.24, 2.45) is 34.5 Å². The maximum atomic E-state index is 12.2. The fourth-order valence-electron chi connectivity index (χ4n) is 6.82. The third kappa shape index (κ3) is 1.94. The van der Waals surface area contributed by atoms with E-state index in [0.29, 0.717) is 17.8 Å². The van der Waals surface area contributed by atoms with Crippen LogP contribution in [0.15, 0.2) is 23.8 Å². The van der Waals surface area contributed by atoms with Crippen LogP contribution in [0, 0.1) is 34.5 Å². The zero-order chi connectivity index (χ0) is 16.4. The molecule has 0 amide bonds. The lowest BCUT2D eigenvalue weighted by Crippen LogP contribution is -2.55. The van der Waals surface area contributed by atoms with Crippen molar-refractivity contribution in [3.8, 4) is 0 Å². The summed E-state index contributed by atoms with van der Waals surface area (Å²) in [7, 11) is 0. The molecule has 0 aromatic rings. The number of aliphatic hydroxyl groups is 1. The van der Waals surface area contributed by atoms with Gasteiger partial charge in [-0.2, -0.15) is 0 Å². The first kappa shape index (κ1) is 15.6. The summed E-state index contributed by atoms with van der Waals surface area (Å²) >= 11 is 0. The third-order valence-electron chi connectivity index (χ3n) is 8.17. The molecule has 4 aliphatic carbocycles. The van der Waals surface area contributed by atoms with Gasteiger partial charge in [-0.15, -0.1) is 0 Å². The van der Waals surface area contributed by atoms with Gasteiger partial charge in [0, 0.05) is 11.3 Å². The summed E-state index contributed by atoms with van der Waals surface area (Å²) in [6.45, 7) is 6.34. The van der Waals surface area contributed by atoms with Crippen LogP contribution in [-0.2, 0) is 4.79 Å². The van der Waals surface area contributed by atoms with Crippen molar-refractivity contribution in [3.63, 3.8) is 0 Å². The number of aliphatic hydroxyl groups excluding tert-OH is 1. The summed E-state index contributed by atoms with van der Waals surface area (Å²) in [5.41, 5.74) is 1.51. The fraction of sp³-hybridized carbons (Fsp3) is 0.762. The highest BCUT2D eigenvalue weighted by atomic mass is 16.3. The van der Waals surface area contributed by atoms with Crippen LogP contribution < -0.4 is 0 Å². The Labute approximate surface area is 140 Å². The third-order valence-corrected chi connectivity index (χ3v) is 8.17. The Morgan fingerprint density at radius 3 is 2.78 bits per heavy atom. The Balaban J connectivity index is 1.76. The zero-order valence-corrected chi connectivity index (χ0v) is 14.7. The Morgan fingerprint density at radius 2 is 2.04 bits per heavy atom. The number of Topliss-reactive ketones (excluding diaryl/α,β-unsaturated/α-hetero) is 1. The minimum atomic E-state index is -0.336. The number of fused-ring (bicyclic) bond motifs is 5. The highest BCUT2D eigenvalue weighted by Gasteiger charge is 2.62. The molecular formula is C21H30O2. The molecule has 0 saturated heterocycles. The molecule has 7 atom stereocenters. The average Bonchev–Trinajstić information content (AvgIpc) is 2.87. The lowest BCUT2D eigenvalue weighted by molar-refractivity contribution is -0.140. The van der Waals surface area contributed by atoms with E-state index in [0.717, 1.165) is 19.3 Å². The molecule has 0 radical (unpaired) electrons. The Morgan fingerprint density at radius 1 is 1.26 bits per heavy atom. The number of hydrogen-bond acceptors (Lipinski definition) is 2. The van der Waals surface area contributed by atoms with Crippen LogP contribution in [0.5, 0.6) is 0 Å². The van der Waals surface area contributed by atoms with Crippen molar-refractivity contribution in [3.05, 3.63) is 23.8 Å². The van der Waals surface area contributed by atoms with Crippen LogP contribution in [0.3, 0.4) is 0 Å². The molecule has 0 spiro atoms. The van der Waals surface area contributed by atoms with Gasteiger partial charge in [0.05, 0.1) is 6.10 Å². The second kappa shape index (κ2) is 5.05. The lowest BCUT2D eigenvalue weighted by atomic mass is 9.47. The molecule has 0 bridgehead atoms. The standard InChI is InChI=1S/C21H30O2/c1-13(22)16-9-10-17-15-8-7-14-6-4-5-11-20(14,2)18(15)12-19(23)21(16,17)3/h6-8,15-19,23H,4-5,9-12H2,1-3H3/t15-,16?,17-,18-,19+,20-,21+/m0/s1. The van der Waals surface area contributed by atoms with Gasteiger partial charge >= 0.3 is 0 Å². The van der Waals surface area contributed by atoms with Crippen LogP contribution >= 0.6 is 0 Å². The van der Waals surface area contributed by atoms with Crippen molar-refractivity contribution in [1.82, 2.24) is 0 Å². The van der Waals surface area contributed by atoms with Gasteiger partial charge in [-0.1, -0.05) is 32.1 Å². The topological polar surface area (TPSA) is 37.3 Å². The molecule has 4 rings (SSSR count). The van der Waals surface area contributed by atoms with Gasteiger partial charge in [0.2, 0.25) is 0 Å². The number of carbonyl (C=O) groups excluding carboxylic acids is 1. The second-order valence-electron chi connectivity index (χ2n) is 8.98. The van der Waals surface area contributed by atoms with Crippen LogP contribution in [-0.4, -0.2) is 17.0 Å². The van der Waals surface area contributed by atoms with Gasteiger partial charge in [-0.05, 0) is 74.2 Å². The highest BCUT2D eigenvalue weighted by molar-refractivity contribution is 5.79. The van der Waals surface area contributed by atoms with Crippen LogP contribution in [0.25, 0.3) is 0 Å². The predicted octanol–water partition coefficient (Wildman–Crippen LogP) is 4.29. The summed E-state index contributed by atoms with van der Waals surface area (Å²) in [6, 6.07) is 0. The molecule has 0 aliphatic heterocycles. The van der Waals surface area contributed by atoms with Crippen molar-refractivity contribution in [1.29, 1.82) is 0 Å². The smallest absolute Gasteiger partial charge is 0.133 e. The average molecular weight is 314 g/mol. The van der Waals surface area contributed by atoms with Gasteiger partial charge < -0.3 is 5.11 Å². The normalized spacial score (nSPS) is 51.5. The Kier molecular flexibility index (Phi) is 3.43. The van der Waals surface area contributed by atoms with E-state index >= 15 is 0 Å². The molecule has 2 saturated carbocycles. The minimum absolute atomic E-state index is 0.0490. The molecule has 1 N–H and O–H groups in total. The number of carbonyl (C=O) groups is 1. The SMILES string of the molecule is CC(=O)C1CC[C@H]2[C@@H]3C=CC4=CCCC[C@]4(C)[C@H]3C[C@@H](O)[C@]12C. The number of ketones is 1. The first-order valence-corrected chi connectivity index (χ1v) is 9.46. The fourth-order valence-corrected chi connectivity index (χ4v) is 6.82. The molecule has 2 heteroatoms. The quantitative estimate of drug-likeness (QED) is 0.784. The van der Waals surface area contributed by atoms with Crippen LogP contribution in [0.2, 0.25) is 0 Å². The summed E-state index contributed by atoms with van der Waals surface area (Å²) < 4.78 is 0. The number of rotatable bonds is 1. The summed E-state index contributed by atoms with van der Waals surface area (Å²) in [5.74, 6) is 1.86. The van der Waals surface area contributed by atoms with Crippen molar-refractivity contribution in [2.75, 3.05) is 0 Å². The minimum Gasteiger partial charge on any atom is -0.393 e. The van der Waals surface area contributed by atoms with Crippen molar-refractivity contribution in [2.45, 2.75) is 65.4 Å². The summed E-state index contributed by atoms with van der Waals surface area (Å²) in [4.78, 5) is 12.2. The second-order valence-corrected chi connectivity index (χ2v) is 8.98. The first-order valence-electron chi connectivity index (χ1n) is 9.46. The maximum absolute atomic E-state index is 12.2. The molecule has 0 heterocycles. The Hall–Kier alpha value is -0.890. The predicted molar refractivity (Wildman–Crippen MR) is 91.8 cm³/mol. The van der Waals surface area contributed by atoms with Crippen molar-refractivity contribution < 1.29 is 9.90 Å². The van der Waals surface area contributed by atoms with E-state index < -0.39 is 0 Å².